The van der Waals surface area contributed by atoms with E-state index in [4.69, 9.17) is 9.22 Å². The van der Waals surface area contributed by atoms with Gasteiger partial charge in [0.25, 0.3) is 0 Å². The molecule has 0 aliphatic carbocycles. The molecule has 0 saturated heterocycles. The van der Waals surface area contributed by atoms with Crippen molar-refractivity contribution in [2.24, 2.45) is 0 Å². The maximum Gasteiger partial charge on any atom is 0.323 e. The van der Waals surface area contributed by atoms with Gasteiger partial charge in [-0.15, -0.1) is 0 Å². The van der Waals surface area contributed by atoms with E-state index in [-0.39, 0.29) is 18.1 Å². The average molecular weight is 398 g/mol. The summed E-state index contributed by atoms with van der Waals surface area (Å²) in [6.07, 6.45) is 20.1. The number of hydrogen-bond donors (Lipinski definition) is 2. The van der Waals surface area contributed by atoms with Crippen molar-refractivity contribution in [3.05, 3.63) is 24.6 Å². The second-order valence-corrected chi connectivity index (χ2v) is 7.31. The number of carbonyl (C=O) groups is 2. The van der Waals surface area contributed by atoms with Crippen LogP contribution in [0.5, 0.6) is 0 Å². The van der Waals surface area contributed by atoms with Crippen LogP contribution in [0.3, 0.4) is 0 Å². The number of carboxylic acids is 1. The van der Waals surface area contributed by atoms with Crippen molar-refractivity contribution in [3.63, 3.8) is 0 Å². The Labute approximate surface area is 176 Å². The summed E-state index contributed by atoms with van der Waals surface area (Å²) in [7, 11) is 0. The number of amides is 1. The van der Waals surface area contributed by atoms with Crippen LogP contribution in [-0.4, -0.2) is 35.4 Å². The SMILES string of the molecule is [2H]C([2H])([2H])N(CC(=O)O)C(=C)NC(=O)CCCCCCC/C=C\CCCCCCCC. The van der Waals surface area contributed by atoms with E-state index in [0.717, 1.165) is 32.1 Å². The second-order valence-electron chi connectivity index (χ2n) is 7.31. The smallest absolute Gasteiger partial charge is 0.323 e. The van der Waals surface area contributed by atoms with Gasteiger partial charge in [-0.2, -0.15) is 0 Å². The third kappa shape index (κ3) is 17.6. The van der Waals surface area contributed by atoms with E-state index >= 15 is 0 Å². The van der Waals surface area contributed by atoms with Gasteiger partial charge in [0.15, 0.2) is 0 Å². The molecule has 0 heterocycles. The minimum atomic E-state index is -2.67. The first-order chi connectivity index (χ1) is 14.7. The Balaban J connectivity index is 3.74. The lowest BCUT2D eigenvalue weighted by Crippen LogP contribution is -2.35. The number of nitrogens with zero attached hydrogens (tertiary/aromatic N) is 1. The highest BCUT2D eigenvalue weighted by Crippen LogP contribution is 2.10. The molecular formula is C23H42N2O3. The molecule has 0 spiro atoms. The Bertz CT molecular complexity index is 549. The fourth-order valence-electron chi connectivity index (χ4n) is 2.88. The number of rotatable bonds is 19. The van der Waals surface area contributed by atoms with Crippen LogP contribution in [0, 0.1) is 0 Å². The Morgan fingerprint density at radius 1 is 0.964 bits per heavy atom. The number of unbranched alkanes of at least 4 members (excludes halogenated alkanes) is 11. The maximum absolute atomic E-state index is 12.0. The lowest BCUT2D eigenvalue weighted by Gasteiger charge is -2.19. The zero-order valence-electron chi connectivity index (χ0n) is 20.7. The highest BCUT2D eigenvalue weighted by Gasteiger charge is 2.09. The number of hydrogen-bond acceptors (Lipinski definition) is 3. The lowest BCUT2D eigenvalue weighted by molar-refractivity contribution is -0.137. The first kappa shape index (κ1) is 20.9. The van der Waals surface area contributed by atoms with E-state index in [2.05, 4.69) is 31.0 Å². The van der Waals surface area contributed by atoms with Gasteiger partial charge in [0.2, 0.25) is 5.91 Å². The molecule has 5 nitrogen and oxygen atoms in total. The Morgan fingerprint density at radius 2 is 1.50 bits per heavy atom. The first-order valence-electron chi connectivity index (χ1n) is 12.3. The van der Waals surface area contributed by atoms with Crippen LogP contribution in [-0.2, 0) is 9.59 Å². The molecule has 0 fully saturated rings. The summed E-state index contributed by atoms with van der Waals surface area (Å²) in [5, 5.41) is 11.2. The summed E-state index contributed by atoms with van der Waals surface area (Å²) >= 11 is 0. The average Bonchev–Trinajstić information content (AvgIpc) is 2.68. The molecule has 2 N–H and O–H groups in total. The molecule has 0 aliphatic rings. The van der Waals surface area contributed by atoms with Gasteiger partial charge in [-0.25, -0.2) is 0 Å². The normalized spacial score (nSPS) is 13.0. The molecule has 28 heavy (non-hydrogen) atoms. The second kappa shape index (κ2) is 18.6. The van der Waals surface area contributed by atoms with E-state index in [1.54, 1.807) is 0 Å². The molecule has 0 aliphatic heterocycles. The van der Waals surface area contributed by atoms with E-state index in [9.17, 15) is 9.59 Å². The maximum atomic E-state index is 12.0. The fraction of sp³-hybridized carbons (Fsp3) is 0.739. The number of aliphatic carboxylic acids is 1. The minimum absolute atomic E-state index is 0.208. The largest absolute Gasteiger partial charge is 0.480 e. The van der Waals surface area contributed by atoms with Gasteiger partial charge < -0.3 is 15.3 Å². The number of likely N-dealkylation sites (N-methyl/N-ethyl adjacent to an activating group) is 1. The van der Waals surface area contributed by atoms with Crippen molar-refractivity contribution < 1.29 is 18.8 Å². The Kier molecular flexibility index (Phi) is 13.9. The van der Waals surface area contributed by atoms with Crippen molar-refractivity contribution in [3.8, 4) is 0 Å². The molecule has 0 radical (unpaired) electrons. The van der Waals surface area contributed by atoms with Gasteiger partial charge in [0.05, 0.1) is 0 Å². The van der Waals surface area contributed by atoms with E-state index < -0.39 is 19.5 Å². The molecule has 0 bridgehead atoms. The van der Waals surface area contributed by atoms with Crippen molar-refractivity contribution in [2.45, 2.75) is 96.8 Å². The summed E-state index contributed by atoms with van der Waals surface area (Å²) in [5.41, 5.74) is 0. The van der Waals surface area contributed by atoms with E-state index in [0.29, 0.717) is 11.3 Å². The van der Waals surface area contributed by atoms with Crippen molar-refractivity contribution >= 4 is 11.9 Å². The van der Waals surface area contributed by atoms with Crippen LogP contribution in [0.1, 0.15) is 101 Å². The van der Waals surface area contributed by atoms with Gasteiger partial charge in [0.1, 0.15) is 12.4 Å². The van der Waals surface area contributed by atoms with Crippen LogP contribution in [0.2, 0.25) is 0 Å². The molecule has 0 rings (SSSR count). The van der Waals surface area contributed by atoms with Crippen LogP contribution < -0.4 is 5.32 Å². The zero-order valence-corrected chi connectivity index (χ0v) is 17.7. The molecule has 0 unspecified atom stereocenters. The van der Waals surface area contributed by atoms with Gasteiger partial charge in [-0.05, 0) is 32.1 Å². The molecule has 162 valence electrons. The van der Waals surface area contributed by atoms with Crippen molar-refractivity contribution in [2.75, 3.05) is 13.5 Å². The summed E-state index contributed by atoms with van der Waals surface area (Å²) < 4.78 is 22.1. The van der Waals surface area contributed by atoms with Gasteiger partial charge in [-0.1, -0.05) is 77.0 Å². The summed E-state index contributed by atoms with van der Waals surface area (Å²) in [6.45, 7) is 2.32. The Morgan fingerprint density at radius 3 is 2.04 bits per heavy atom. The summed E-state index contributed by atoms with van der Waals surface area (Å²) in [6, 6.07) is 0. The van der Waals surface area contributed by atoms with E-state index in [1.165, 1.54) is 44.9 Å². The number of carbonyl (C=O) groups excluding carboxylic acids is 1. The van der Waals surface area contributed by atoms with Crippen molar-refractivity contribution in [1.29, 1.82) is 0 Å². The monoisotopic (exact) mass is 397 g/mol. The van der Waals surface area contributed by atoms with Crippen LogP contribution in [0.15, 0.2) is 24.6 Å². The molecular weight excluding hydrogens is 352 g/mol. The van der Waals surface area contributed by atoms with Gasteiger partial charge in [0, 0.05) is 17.5 Å². The Hall–Kier alpha value is -1.78. The minimum Gasteiger partial charge on any atom is -0.480 e. The number of carboxylic acid groups (broad SMARTS) is 1. The fourth-order valence-corrected chi connectivity index (χ4v) is 2.88. The first-order valence-corrected chi connectivity index (χ1v) is 10.8. The standard InChI is InChI=1S/C23H42N2O3/c1-4-5-6-7-8-9-10-11-12-13-14-15-16-17-18-19-22(26)24-21(2)25(3)20-23(27)28/h11-12H,2,4-10,13-20H2,1,3H3,(H,24,26)(H,27,28)/b12-11-/i3D3. The zero-order chi connectivity index (χ0) is 23.5. The van der Waals surface area contributed by atoms with Crippen LogP contribution in [0.4, 0.5) is 0 Å². The lowest BCUT2D eigenvalue weighted by atomic mass is 10.1. The predicted octanol–water partition coefficient (Wildman–Crippen LogP) is 5.63. The highest BCUT2D eigenvalue weighted by atomic mass is 16.4. The topological polar surface area (TPSA) is 69.6 Å². The molecule has 0 aromatic heterocycles. The van der Waals surface area contributed by atoms with Crippen molar-refractivity contribution in [1.82, 2.24) is 10.2 Å². The third-order valence-electron chi connectivity index (χ3n) is 4.57. The van der Waals surface area contributed by atoms with Gasteiger partial charge in [-0.3, -0.25) is 9.59 Å². The summed E-state index contributed by atoms with van der Waals surface area (Å²) in [4.78, 5) is 23.4. The quantitative estimate of drug-likeness (QED) is 0.219. The molecule has 0 aromatic carbocycles. The van der Waals surface area contributed by atoms with Crippen LogP contribution in [0.25, 0.3) is 0 Å². The van der Waals surface area contributed by atoms with E-state index in [1.807, 2.05) is 0 Å². The highest BCUT2D eigenvalue weighted by molar-refractivity contribution is 5.77. The number of allylic oxidation sites excluding steroid dienone is 2. The summed E-state index contributed by atoms with van der Waals surface area (Å²) in [5.74, 6) is -1.86. The molecule has 0 atom stereocenters. The molecule has 0 aromatic rings. The molecule has 5 heteroatoms. The van der Waals surface area contributed by atoms with Crippen LogP contribution >= 0.6 is 0 Å². The third-order valence-corrected chi connectivity index (χ3v) is 4.57. The molecule has 1 amide bonds. The number of nitrogens with one attached hydrogen (secondary N) is 1. The predicted molar refractivity (Wildman–Crippen MR) is 117 cm³/mol. The van der Waals surface area contributed by atoms with Gasteiger partial charge >= 0.3 is 5.97 Å². The molecule has 0 saturated carbocycles.